The van der Waals surface area contributed by atoms with Gasteiger partial charge in [0.2, 0.25) is 5.91 Å². The smallest absolute Gasteiger partial charge is 0.413 e. The van der Waals surface area contributed by atoms with Crippen molar-refractivity contribution >= 4 is 47.4 Å². The van der Waals surface area contributed by atoms with Crippen LogP contribution in [-0.4, -0.2) is 128 Å². The number of aliphatic hydroxyl groups excluding tert-OH is 3. The van der Waals surface area contributed by atoms with Gasteiger partial charge in [-0.25, -0.2) is 9.59 Å². The van der Waals surface area contributed by atoms with Crippen molar-refractivity contribution in [3.8, 4) is 0 Å². The van der Waals surface area contributed by atoms with Gasteiger partial charge in [-0.15, -0.1) is 0 Å². The summed E-state index contributed by atoms with van der Waals surface area (Å²) in [5, 5.41) is 34.5. The molecule has 1 saturated heterocycles. The summed E-state index contributed by atoms with van der Waals surface area (Å²) in [5.41, 5.74) is -2.87. The number of carbonyl (C=O) groups is 6. The Kier molecular flexibility index (Phi) is 18.3. The molecule has 18 heteroatoms. The molecule has 4 unspecified atom stereocenters. The van der Waals surface area contributed by atoms with E-state index in [9.17, 15) is 44.1 Å². The Morgan fingerprint density at radius 3 is 2.07 bits per heavy atom. The van der Waals surface area contributed by atoms with Crippen LogP contribution in [0, 0.1) is 23.2 Å². The van der Waals surface area contributed by atoms with Crippen LogP contribution < -0.4 is 10.6 Å². The summed E-state index contributed by atoms with van der Waals surface area (Å²) in [7, 11) is 1.36. The van der Waals surface area contributed by atoms with E-state index in [0.29, 0.717) is 24.2 Å². The fourth-order valence-corrected chi connectivity index (χ4v) is 6.05. The first-order chi connectivity index (χ1) is 25.8. The molecular weight excluding hydrogens is 726 g/mol. The van der Waals surface area contributed by atoms with Gasteiger partial charge in [-0.05, 0) is 78.0 Å². The van der Waals surface area contributed by atoms with Crippen LogP contribution in [0.15, 0.2) is 18.2 Å². The second kappa shape index (κ2) is 21.5. The van der Waals surface area contributed by atoms with E-state index < -0.39 is 85.0 Å². The van der Waals surface area contributed by atoms with E-state index in [1.807, 2.05) is 0 Å². The lowest BCUT2D eigenvalue weighted by Crippen LogP contribution is -2.45. The van der Waals surface area contributed by atoms with E-state index in [4.69, 9.17) is 23.7 Å². The predicted octanol–water partition coefficient (Wildman–Crippen LogP) is 2.89. The molecular formula is C37H57N3O15. The number of carbonyl (C=O) groups excluding carboxylic acids is 6. The third-order valence-corrected chi connectivity index (χ3v) is 9.16. The maximum absolute atomic E-state index is 13.6. The largest absolute Gasteiger partial charge is 0.463 e. The standard InChI is InChI=1S/C37H57N3O15/c1-8-36(5,31(46)51-15-14-40-13-9-10-29(40)44)22-37(6,32(47)53-18-26(42)17-41)21-35(3,4)30(45)52-19-27(43)20-54-33(48)38-25-12-11-24(2)28(16-25)39-34(49)55-23-50-7/h11-12,16,26-27,41-43H,8-10,13-15,17-23H2,1-7H3,(H,38,48)(H,39,49). The molecule has 4 atom stereocenters. The molecule has 1 aliphatic rings. The Morgan fingerprint density at radius 2 is 1.45 bits per heavy atom. The molecule has 2 rings (SSSR count). The Labute approximate surface area is 321 Å². The van der Waals surface area contributed by atoms with E-state index in [-0.39, 0.29) is 50.8 Å². The molecule has 0 spiro atoms. The number of anilines is 2. The summed E-state index contributed by atoms with van der Waals surface area (Å²) >= 11 is 0. The highest BCUT2D eigenvalue weighted by molar-refractivity contribution is 5.89. The lowest BCUT2D eigenvalue weighted by Gasteiger charge is -2.39. The first kappa shape index (κ1) is 46.6. The minimum absolute atomic E-state index is 0.0128. The molecule has 1 fully saturated rings. The molecule has 1 aromatic rings. The molecule has 3 amide bonds. The van der Waals surface area contributed by atoms with E-state index in [2.05, 4.69) is 15.4 Å². The molecule has 310 valence electrons. The van der Waals surface area contributed by atoms with Gasteiger partial charge in [0.15, 0.2) is 6.79 Å². The van der Waals surface area contributed by atoms with Crippen molar-refractivity contribution < 1.29 is 72.5 Å². The van der Waals surface area contributed by atoms with Crippen molar-refractivity contribution in [2.45, 2.75) is 85.9 Å². The zero-order chi connectivity index (χ0) is 41.4. The van der Waals surface area contributed by atoms with Gasteiger partial charge < -0.3 is 48.6 Å². The van der Waals surface area contributed by atoms with Crippen LogP contribution in [0.3, 0.4) is 0 Å². The lowest BCUT2D eigenvalue weighted by atomic mass is 9.65. The van der Waals surface area contributed by atoms with Gasteiger partial charge in [0.05, 0.1) is 29.4 Å². The fourth-order valence-electron chi connectivity index (χ4n) is 6.05. The van der Waals surface area contributed by atoms with Crippen LogP contribution in [0.4, 0.5) is 21.0 Å². The molecule has 1 aromatic carbocycles. The number of aliphatic hydroxyl groups is 3. The molecule has 1 heterocycles. The Morgan fingerprint density at radius 1 is 0.836 bits per heavy atom. The van der Waals surface area contributed by atoms with Crippen LogP contribution >= 0.6 is 0 Å². The number of rotatable bonds is 22. The highest BCUT2D eigenvalue weighted by atomic mass is 16.7. The molecule has 5 N–H and O–H groups in total. The molecule has 55 heavy (non-hydrogen) atoms. The number of aryl methyl sites for hydroxylation is 1. The molecule has 0 aliphatic carbocycles. The number of hydrogen-bond donors (Lipinski definition) is 5. The predicted molar refractivity (Wildman–Crippen MR) is 195 cm³/mol. The van der Waals surface area contributed by atoms with Gasteiger partial charge in [-0.3, -0.25) is 29.8 Å². The minimum Gasteiger partial charge on any atom is -0.463 e. The van der Waals surface area contributed by atoms with Crippen molar-refractivity contribution in [1.82, 2.24) is 4.90 Å². The van der Waals surface area contributed by atoms with E-state index in [0.717, 1.165) is 6.42 Å². The fraction of sp³-hybridized carbons (Fsp3) is 0.676. The van der Waals surface area contributed by atoms with Gasteiger partial charge in [0, 0.05) is 31.5 Å². The Bertz CT molecular complexity index is 1490. The number of esters is 3. The highest BCUT2D eigenvalue weighted by Crippen LogP contribution is 2.46. The first-order valence-corrected chi connectivity index (χ1v) is 18.0. The van der Waals surface area contributed by atoms with Crippen molar-refractivity contribution in [3.63, 3.8) is 0 Å². The maximum atomic E-state index is 13.6. The van der Waals surface area contributed by atoms with Crippen LogP contribution in [0.25, 0.3) is 0 Å². The molecule has 0 radical (unpaired) electrons. The van der Waals surface area contributed by atoms with Crippen LogP contribution in [0.1, 0.15) is 72.3 Å². The van der Waals surface area contributed by atoms with E-state index in [1.54, 1.807) is 37.8 Å². The van der Waals surface area contributed by atoms with Crippen LogP contribution in [0.5, 0.6) is 0 Å². The first-order valence-electron chi connectivity index (χ1n) is 18.0. The van der Waals surface area contributed by atoms with Crippen molar-refractivity contribution in [2.75, 3.05) is 70.7 Å². The zero-order valence-electron chi connectivity index (χ0n) is 32.8. The zero-order valence-corrected chi connectivity index (χ0v) is 32.8. The van der Waals surface area contributed by atoms with Gasteiger partial charge in [-0.2, -0.15) is 0 Å². The average Bonchev–Trinajstić information content (AvgIpc) is 3.55. The van der Waals surface area contributed by atoms with Gasteiger partial charge in [0.25, 0.3) is 0 Å². The SMILES string of the molecule is CCC(C)(CC(C)(CC(C)(C)C(=O)OCC(O)COC(=O)Nc1ccc(C)c(NC(=O)OCOC)c1)C(=O)OCC(O)CO)C(=O)OCCN1CCCC1=O. The van der Waals surface area contributed by atoms with Crippen LogP contribution in [0.2, 0.25) is 0 Å². The molecule has 1 aliphatic heterocycles. The van der Waals surface area contributed by atoms with E-state index >= 15 is 0 Å². The van der Waals surface area contributed by atoms with Crippen LogP contribution in [-0.2, 0) is 47.6 Å². The van der Waals surface area contributed by atoms with E-state index in [1.165, 1.54) is 33.9 Å². The number of hydrogen-bond acceptors (Lipinski definition) is 15. The van der Waals surface area contributed by atoms with Crippen molar-refractivity contribution in [3.05, 3.63) is 23.8 Å². The average molecular weight is 784 g/mol. The number of ether oxygens (including phenoxy) is 6. The molecule has 18 nitrogen and oxygen atoms in total. The molecule has 0 saturated carbocycles. The topological polar surface area (TPSA) is 246 Å². The monoisotopic (exact) mass is 783 g/mol. The number of nitrogens with zero attached hydrogens (tertiary/aromatic N) is 1. The Balaban J connectivity index is 2.04. The van der Waals surface area contributed by atoms with Crippen molar-refractivity contribution in [2.24, 2.45) is 16.2 Å². The third kappa shape index (κ3) is 14.9. The number of amides is 3. The van der Waals surface area contributed by atoms with Gasteiger partial charge in [0.1, 0.15) is 38.6 Å². The van der Waals surface area contributed by atoms with Gasteiger partial charge in [-0.1, -0.05) is 13.0 Å². The third-order valence-electron chi connectivity index (χ3n) is 9.16. The number of likely N-dealkylation sites (tertiary alicyclic amines) is 1. The number of methoxy groups -OCH3 is 1. The molecule has 0 bridgehead atoms. The maximum Gasteiger partial charge on any atom is 0.413 e. The van der Waals surface area contributed by atoms with Crippen molar-refractivity contribution in [1.29, 1.82) is 0 Å². The summed E-state index contributed by atoms with van der Waals surface area (Å²) in [5.74, 6) is -2.27. The number of nitrogens with one attached hydrogen (secondary N) is 2. The normalized spacial score (nSPS) is 16.2. The summed E-state index contributed by atoms with van der Waals surface area (Å²) in [6.45, 7) is 7.85. The quantitative estimate of drug-likeness (QED) is 0.0645. The molecule has 0 aromatic heterocycles. The van der Waals surface area contributed by atoms with Gasteiger partial charge >= 0.3 is 30.1 Å². The second-order valence-corrected chi connectivity index (χ2v) is 14.7. The Hall–Kier alpha value is -4.52. The minimum atomic E-state index is -1.53. The summed E-state index contributed by atoms with van der Waals surface area (Å²) in [4.78, 5) is 78.3. The summed E-state index contributed by atoms with van der Waals surface area (Å²) in [6, 6.07) is 4.66. The number of benzene rings is 1. The lowest BCUT2D eigenvalue weighted by molar-refractivity contribution is -0.172. The summed E-state index contributed by atoms with van der Waals surface area (Å²) < 4.78 is 30.8. The summed E-state index contributed by atoms with van der Waals surface area (Å²) in [6.07, 6.45) is -3.40. The highest BCUT2D eigenvalue weighted by Gasteiger charge is 2.50. The second-order valence-electron chi connectivity index (χ2n) is 14.7.